The van der Waals surface area contributed by atoms with E-state index in [1.165, 1.54) is 0 Å². The highest BCUT2D eigenvalue weighted by Crippen LogP contribution is 2.41. The summed E-state index contributed by atoms with van der Waals surface area (Å²) in [5, 5.41) is 3.59. The van der Waals surface area contributed by atoms with Gasteiger partial charge < -0.3 is 28.8 Å². The molecule has 0 bridgehead atoms. The Morgan fingerprint density at radius 1 is 1.08 bits per heavy atom. The van der Waals surface area contributed by atoms with Crippen LogP contribution in [-0.2, 0) is 39.6 Å². The quantitative estimate of drug-likeness (QED) is 0.353. The highest BCUT2D eigenvalue weighted by atomic mass is 16.7. The van der Waals surface area contributed by atoms with Gasteiger partial charge in [0.25, 0.3) is 5.56 Å². The second-order valence-corrected chi connectivity index (χ2v) is 9.73. The zero-order valence-corrected chi connectivity index (χ0v) is 21.0. The Labute approximate surface area is 222 Å². The first-order valence-corrected chi connectivity index (χ1v) is 12.6. The molecule has 0 saturated carbocycles. The van der Waals surface area contributed by atoms with Crippen molar-refractivity contribution >= 4 is 23.0 Å². The van der Waals surface area contributed by atoms with E-state index in [2.05, 4.69) is 5.32 Å². The van der Waals surface area contributed by atoms with Crippen molar-refractivity contribution in [2.75, 3.05) is 6.79 Å². The van der Waals surface area contributed by atoms with Crippen molar-refractivity contribution in [3.63, 3.8) is 0 Å². The van der Waals surface area contributed by atoms with Gasteiger partial charge in [-0.2, -0.15) is 0 Å². The first kappa shape index (κ1) is 23.3. The first-order valence-electron chi connectivity index (χ1n) is 12.6. The van der Waals surface area contributed by atoms with Crippen molar-refractivity contribution < 1.29 is 28.5 Å². The third kappa shape index (κ3) is 3.55. The van der Waals surface area contributed by atoms with Crippen LogP contribution in [0.2, 0.25) is 0 Å². The molecule has 5 heterocycles. The fraction of sp³-hybridized carbons (Fsp3) is 0.241. The number of hydrogen-bond donors (Lipinski definition) is 1. The molecule has 7 rings (SSSR count). The van der Waals surface area contributed by atoms with Gasteiger partial charge in [-0.15, -0.1) is 0 Å². The Morgan fingerprint density at radius 3 is 2.67 bits per heavy atom. The van der Waals surface area contributed by atoms with Crippen LogP contribution in [0.15, 0.2) is 59.4 Å². The Kier molecular flexibility index (Phi) is 5.12. The Hall–Kier alpha value is -4.86. The van der Waals surface area contributed by atoms with E-state index in [1.807, 2.05) is 48.5 Å². The van der Waals surface area contributed by atoms with Gasteiger partial charge in [0, 0.05) is 22.6 Å². The monoisotopic (exact) mass is 525 g/mol. The summed E-state index contributed by atoms with van der Waals surface area (Å²) in [4.78, 5) is 44.7. The van der Waals surface area contributed by atoms with Gasteiger partial charge in [-0.1, -0.05) is 37.3 Å². The number of ether oxygens (including phenoxy) is 4. The molecular formula is C29H23N3O7. The van der Waals surface area contributed by atoms with Crippen LogP contribution in [0.25, 0.3) is 22.3 Å². The lowest BCUT2D eigenvalue weighted by molar-refractivity contribution is -0.156. The Morgan fingerprint density at radius 2 is 1.87 bits per heavy atom. The summed E-state index contributed by atoms with van der Waals surface area (Å²) in [7, 11) is 0. The molecule has 3 aliphatic rings. The molecule has 1 atom stereocenters. The number of aromatic nitrogens is 2. The van der Waals surface area contributed by atoms with E-state index < -0.39 is 17.6 Å². The molecule has 10 nitrogen and oxygen atoms in total. The number of amides is 1. The molecule has 2 aromatic heterocycles. The van der Waals surface area contributed by atoms with Gasteiger partial charge in [0.05, 0.1) is 29.0 Å². The van der Waals surface area contributed by atoms with Crippen molar-refractivity contribution in [1.82, 2.24) is 14.9 Å². The van der Waals surface area contributed by atoms with Crippen LogP contribution in [-0.4, -0.2) is 28.4 Å². The second kappa shape index (κ2) is 8.59. The lowest BCUT2D eigenvalue weighted by atomic mass is 9.82. The highest BCUT2D eigenvalue weighted by molar-refractivity contribution is 5.90. The molecule has 3 aliphatic heterocycles. The summed E-state index contributed by atoms with van der Waals surface area (Å²) in [5.41, 5.74) is 2.42. The van der Waals surface area contributed by atoms with Crippen LogP contribution in [0.4, 0.5) is 4.79 Å². The normalized spacial score (nSPS) is 18.2. The molecule has 0 spiro atoms. The minimum Gasteiger partial charge on any atom is -0.459 e. The van der Waals surface area contributed by atoms with Crippen LogP contribution in [0.1, 0.15) is 35.6 Å². The first-order chi connectivity index (χ1) is 19.0. The number of carbonyl (C=O) groups excluding carboxylic acids is 2. The fourth-order valence-corrected chi connectivity index (χ4v) is 5.53. The largest absolute Gasteiger partial charge is 0.459 e. The van der Waals surface area contributed by atoms with Crippen molar-refractivity contribution in [1.29, 1.82) is 0 Å². The number of carbonyl (C=O) groups is 2. The van der Waals surface area contributed by atoms with Crippen LogP contribution in [0.3, 0.4) is 0 Å². The van der Waals surface area contributed by atoms with Crippen molar-refractivity contribution in [3.8, 4) is 22.9 Å². The van der Waals surface area contributed by atoms with Gasteiger partial charge in [0.15, 0.2) is 17.0 Å². The third-order valence-electron chi connectivity index (χ3n) is 7.57. The number of hydrogen-bond acceptors (Lipinski definition) is 8. The molecule has 0 fully saturated rings. The van der Waals surface area contributed by atoms with E-state index in [1.54, 1.807) is 17.6 Å². The van der Waals surface area contributed by atoms with Crippen molar-refractivity contribution in [3.05, 3.63) is 87.2 Å². The number of rotatable bonds is 4. The topological polar surface area (TPSA) is 118 Å². The summed E-state index contributed by atoms with van der Waals surface area (Å²) in [5.74, 6) is 0.624. The molecule has 0 aliphatic carbocycles. The fourth-order valence-electron chi connectivity index (χ4n) is 5.53. The summed E-state index contributed by atoms with van der Waals surface area (Å²) in [6.45, 7) is 2.09. The number of nitrogens with zero attached hydrogens (tertiary/aromatic N) is 2. The summed E-state index contributed by atoms with van der Waals surface area (Å²) in [6, 6.07) is 16.7. The number of pyridine rings is 2. The SMILES string of the molecule is CC[C@@]1(NC(=O)OCc2ccccc2)C(=O)OCc2c1cc1n(c2=O)Cc2cc3cc4c(cc3nc2-1)OCO4. The molecule has 0 saturated heterocycles. The zero-order valence-electron chi connectivity index (χ0n) is 21.0. The van der Waals surface area contributed by atoms with Gasteiger partial charge in [-0.25, -0.2) is 14.6 Å². The smallest absolute Gasteiger partial charge is 0.408 e. The standard InChI is InChI=1S/C29H23N3O7/c1-2-29(31-28(35)37-13-16-6-4-3-5-7-16)20-10-22-25-18(12-32(22)26(33)19(20)14-36-27(29)34)8-17-9-23-24(39-15-38-23)11-21(17)30-25/h3-11H,2,12-15H2,1H3,(H,31,35)/t29-/m0/s1. The van der Waals surface area contributed by atoms with Gasteiger partial charge in [0.1, 0.15) is 13.2 Å². The maximum Gasteiger partial charge on any atom is 0.408 e. The zero-order chi connectivity index (χ0) is 26.7. The van der Waals surface area contributed by atoms with Gasteiger partial charge >= 0.3 is 12.1 Å². The summed E-state index contributed by atoms with van der Waals surface area (Å²) >= 11 is 0. The van der Waals surface area contributed by atoms with Gasteiger partial charge in [-0.05, 0) is 30.2 Å². The summed E-state index contributed by atoms with van der Waals surface area (Å²) in [6.07, 6.45) is -0.629. The number of esters is 1. The predicted octanol–water partition coefficient (Wildman–Crippen LogP) is 3.74. The number of benzene rings is 2. The number of cyclic esters (lactones) is 1. The molecule has 1 N–H and O–H groups in total. The molecule has 0 radical (unpaired) electrons. The van der Waals surface area contributed by atoms with Crippen LogP contribution >= 0.6 is 0 Å². The van der Waals surface area contributed by atoms with Crippen molar-refractivity contribution in [2.45, 2.75) is 38.6 Å². The molecule has 0 unspecified atom stereocenters. The number of fused-ring (bicyclic) bond motifs is 6. The van der Waals surface area contributed by atoms with E-state index in [-0.39, 0.29) is 32.0 Å². The molecule has 10 heteroatoms. The molecule has 39 heavy (non-hydrogen) atoms. The van der Waals surface area contributed by atoms with Crippen molar-refractivity contribution in [2.24, 2.45) is 0 Å². The minimum atomic E-state index is -1.58. The highest BCUT2D eigenvalue weighted by Gasteiger charge is 2.48. The third-order valence-corrected chi connectivity index (χ3v) is 7.57. The van der Waals surface area contributed by atoms with E-state index in [0.29, 0.717) is 46.1 Å². The number of alkyl carbamates (subject to hydrolysis) is 1. The average molecular weight is 526 g/mol. The molecule has 2 aromatic carbocycles. The Bertz CT molecular complexity index is 1750. The Balaban J connectivity index is 1.30. The lowest BCUT2D eigenvalue weighted by Crippen LogP contribution is -2.56. The summed E-state index contributed by atoms with van der Waals surface area (Å²) < 4.78 is 23.5. The minimum absolute atomic E-state index is 0.0318. The maximum atomic E-state index is 13.7. The van der Waals surface area contributed by atoms with Crippen LogP contribution in [0, 0.1) is 0 Å². The molecule has 1 amide bonds. The average Bonchev–Trinajstić information content (AvgIpc) is 3.55. The van der Waals surface area contributed by atoms with Crippen LogP contribution < -0.4 is 20.3 Å². The molecular weight excluding hydrogens is 502 g/mol. The van der Waals surface area contributed by atoms with E-state index in [9.17, 15) is 14.4 Å². The van der Waals surface area contributed by atoms with E-state index in [4.69, 9.17) is 23.9 Å². The van der Waals surface area contributed by atoms with Crippen LogP contribution in [0.5, 0.6) is 11.5 Å². The predicted molar refractivity (Wildman–Crippen MR) is 138 cm³/mol. The van der Waals surface area contributed by atoms with E-state index in [0.717, 1.165) is 16.5 Å². The van der Waals surface area contributed by atoms with Gasteiger partial charge in [-0.3, -0.25) is 4.79 Å². The maximum absolute atomic E-state index is 13.7. The molecule has 196 valence electrons. The molecule has 4 aromatic rings. The van der Waals surface area contributed by atoms with Gasteiger partial charge in [0.2, 0.25) is 6.79 Å². The van der Waals surface area contributed by atoms with E-state index >= 15 is 0 Å². The number of nitrogens with one attached hydrogen (secondary N) is 1. The lowest BCUT2D eigenvalue weighted by Gasteiger charge is -2.36. The second-order valence-electron chi connectivity index (χ2n) is 9.73.